The maximum Gasteiger partial charge on any atom is 0.335 e. The van der Waals surface area contributed by atoms with Crippen molar-refractivity contribution in [2.75, 3.05) is 0 Å². The second kappa shape index (κ2) is 6.00. The molecule has 0 unspecified atom stereocenters. The van der Waals surface area contributed by atoms with E-state index in [1.165, 1.54) is 16.8 Å². The molecule has 0 saturated heterocycles. The van der Waals surface area contributed by atoms with Gasteiger partial charge in [0.15, 0.2) is 0 Å². The van der Waals surface area contributed by atoms with Gasteiger partial charge in [-0.25, -0.2) is 9.48 Å². The summed E-state index contributed by atoms with van der Waals surface area (Å²) in [5.41, 5.74) is 1.73. The van der Waals surface area contributed by atoms with E-state index < -0.39 is 5.97 Å². The summed E-state index contributed by atoms with van der Waals surface area (Å²) in [6, 6.07) is 9.99. The van der Waals surface area contributed by atoms with Gasteiger partial charge in [-0.15, -0.1) is 0 Å². The van der Waals surface area contributed by atoms with Crippen molar-refractivity contribution in [1.29, 1.82) is 0 Å². The molecule has 0 radical (unpaired) electrons. The Morgan fingerprint density at radius 1 is 1.22 bits per heavy atom. The highest BCUT2D eigenvalue weighted by atomic mass is 16.4. The molecule has 6 heteroatoms. The Morgan fingerprint density at radius 2 is 1.96 bits per heavy atom. The molecule has 116 valence electrons. The van der Waals surface area contributed by atoms with E-state index in [2.05, 4.69) is 10.1 Å². The molecule has 0 saturated carbocycles. The van der Waals surface area contributed by atoms with Gasteiger partial charge >= 0.3 is 5.97 Å². The van der Waals surface area contributed by atoms with Crippen molar-refractivity contribution in [3.05, 3.63) is 58.5 Å². The highest BCUT2D eigenvalue weighted by Gasteiger charge is 2.13. The lowest BCUT2D eigenvalue weighted by molar-refractivity contribution is 0.0697. The number of aromatic carboxylic acids is 1. The number of aryl methyl sites for hydroxylation is 1. The Hall–Kier alpha value is -3.02. The van der Waals surface area contributed by atoms with Gasteiger partial charge in [0, 0.05) is 23.7 Å². The third-order valence-corrected chi connectivity index (χ3v) is 3.56. The van der Waals surface area contributed by atoms with Crippen LogP contribution >= 0.6 is 0 Å². The SMILES string of the molecule is CCCn1nc(-c2ccc(C(=O)O)cc2)c2cccnc2c1=O. The van der Waals surface area contributed by atoms with E-state index >= 15 is 0 Å². The first-order valence-electron chi connectivity index (χ1n) is 7.31. The number of aromatic nitrogens is 3. The van der Waals surface area contributed by atoms with E-state index in [1.54, 1.807) is 30.5 Å². The summed E-state index contributed by atoms with van der Waals surface area (Å²) in [7, 11) is 0. The molecular formula is C17H15N3O3. The first-order chi connectivity index (χ1) is 11.1. The van der Waals surface area contributed by atoms with Crippen LogP contribution in [-0.4, -0.2) is 25.8 Å². The predicted octanol–water partition coefficient (Wildman–Crippen LogP) is 2.57. The maximum atomic E-state index is 12.4. The van der Waals surface area contributed by atoms with Crippen LogP contribution in [0.1, 0.15) is 23.7 Å². The number of hydrogen-bond donors (Lipinski definition) is 1. The summed E-state index contributed by atoms with van der Waals surface area (Å²) < 4.78 is 1.41. The molecule has 0 bridgehead atoms. The molecule has 0 amide bonds. The Balaban J connectivity index is 2.25. The predicted molar refractivity (Wildman–Crippen MR) is 86.5 cm³/mol. The fourth-order valence-corrected chi connectivity index (χ4v) is 2.46. The summed E-state index contributed by atoms with van der Waals surface area (Å²) in [5, 5.41) is 14.1. The fraction of sp³-hybridized carbons (Fsp3) is 0.176. The number of fused-ring (bicyclic) bond motifs is 1. The van der Waals surface area contributed by atoms with E-state index in [0.29, 0.717) is 23.1 Å². The van der Waals surface area contributed by atoms with Crippen LogP contribution in [0.3, 0.4) is 0 Å². The monoisotopic (exact) mass is 309 g/mol. The van der Waals surface area contributed by atoms with E-state index in [0.717, 1.165) is 12.0 Å². The van der Waals surface area contributed by atoms with Crippen molar-refractivity contribution in [2.24, 2.45) is 0 Å². The molecule has 23 heavy (non-hydrogen) atoms. The van der Waals surface area contributed by atoms with Crippen molar-refractivity contribution in [3.8, 4) is 11.3 Å². The highest BCUT2D eigenvalue weighted by molar-refractivity contribution is 5.93. The molecule has 2 heterocycles. The topological polar surface area (TPSA) is 85.1 Å². The smallest absolute Gasteiger partial charge is 0.335 e. The maximum absolute atomic E-state index is 12.4. The van der Waals surface area contributed by atoms with Gasteiger partial charge in [0.05, 0.1) is 5.56 Å². The van der Waals surface area contributed by atoms with Gasteiger partial charge in [-0.05, 0) is 30.7 Å². The van der Waals surface area contributed by atoms with E-state index in [4.69, 9.17) is 5.11 Å². The number of carboxylic acids is 1. The van der Waals surface area contributed by atoms with Crippen LogP contribution in [0, 0.1) is 0 Å². The molecule has 0 aliphatic carbocycles. The third-order valence-electron chi connectivity index (χ3n) is 3.56. The number of rotatable bonds is 4. The van der Waals surface area contributed by atoms with Gasteiger partial charge in [-0.3, -0.25) is 9.78 Å². The average molecular weight is 309 g/mol. The zero-order valence-electron chi connectivity index (χ0n) is 12.6. The lowest BCUT2D eigenvalue weighted by Gasteiger charge is -2.10. The van der Waals surface area contributed by atoms with Crippen LogP contribution in [0.5, 0.6) is 0 Å². The average Bonchev–Trinajstić information content (AvgIpc) is 2.58. The summed E-state index contributed by atoms with van der Waals surface area (Å²) in [6.07, 6.45) is 2.36. The minimum absolute atomic E-state index is 0.207. The Morgan fingerprint density at radius 3 is 2.61 bits per heavy atom. The number of carbonyl (C=O) groups is 1. The lowest BCUT2D eigenvalue weighted by Crippen LogP contribution is -2.24. The molecule has 3 aromatic rings. The van der Waals surface area contributed by atoms with Crippen LogP contribution < -0.4 is 5.56 Å². The second-order valence-electron chi connectivity index (χ2n) is 5.16. The third kappa shape index (κ3) is 2.70. The van der Waals surface area contributed by atoms with Gasteiger partial charge in [0.1, 0.15) is 11.2 Å². The summed E-state index contributed by atoms with van der Waals surface area (Å²) in [5.74, 6) is -0.980. The highest BCUT2D eigenvalue weighted by Crippen LogP contribution is 2.24. The van der Waals surface area contributed by atoms with Crippen molar-refractivity contribution in [2.45, 2.75) is 19.9 Å². The van der Waals surface area contributed by atoms with Gasteiger partial charge < -0.3 is 5.11 Å². The van der Waals surface area contributed by atoms with Crippen LogP contribution in [0.4, 0.5) is 0 Å². The van der Waals surface area contributed by atoms with Crippen molar-refractivity contribution in [3.63, 3.8) is 0 Å². The van der Waals surface area contributed by atoms with Gasteiger partial charge in [0.2, 0.25) is 0 Å². The number of benzene rings is 1. The standard InChI is InChI=1S/C17H15N3O3/c1-2-10-20-16(21)15-13(4-3-9-18-15)14(19-20)11-5-7-12(8-6-11)17(22)23/h3-9H,2,10H2,1H3,(H,22,23). The normalized spacial score (nSPS) is 10.8. The Kier molecular flexibility index (Phi) is 3.89. The molecule has 2 aromatic heterocycles. The number of nitrogens with zero attached hydrogens (tertiary/aromatic N) is 3. The van der Waals surface area contributed by atoms with Crippen LogP contribution in [0.15, 0.2) is 47.4 Å². The van der Waals surface area contributed by atoms with Gasteiger partial charge in [-0.2, -0.15) is 5.10 Å². The molecule has 3 rings (SSSR count). The van der Waals surface area contributed by atoms with Crippen LogP contribution in [-0.2, 0) is 6.54 Å². The zero-order chi connectivity index (χ0) is 16.4. The molecule has 1 aromatic carbocycles. The summed E-state index contributed by atoms with van der Waals surface area (Å²) in [6.45, 7) is 2.48. The first kappa shape index (κ1) is 14.9. The van der Waals surface area contributed by atoms with Crippen molar-refractivity contribution < 1.29 is 9.90 Å². The quantitative estimate of drug-likeness (QED) is 0.800. The van der Waals surface area contributed by atoms with Gasteiger partial charge in [-0.1, -0.05) is 19.1 Å². The number of pyridine rings is 1. The van der Waals surface area contributed by atoms with E-state index in [9.17, 15) is 9.59 Å². The minimum atomic E-state index is -0.980. The van der Waals surface area contributed by atoms with E-state index in [-0.39, 0.29) is 11.1 Å². The molecule has 0 fully saturated rings. The molecule has 0 aliphatic heterocycles. The van der Waals surface area contributed by atoms with Crippen LogP contribution in [0.2, 0.25) is 0 Å². The van der Waals surface area contributed by atoms with Gasteiger partial charge in [0.25, 0.3) is 5.56 Å². The Labute approximate surface area is 132 Å². The van der Waals surface area contributed by atoms with Crippen molar-refractivity contribution >= 4 is 16.9 Å². The number of hydrogen-bond acceptors (Lipinski definition) is 4. The molecule has 0 spiro atoms. The molecule has 0 aliphatic rings. The molecule has 6 nitrogen and oxygen atoms in total. The molecular weight excluding hydrogens is 294 g/mol. The summed E-state index contributed by atoms with van der Waals surface area (Å²) in [4.78, 5) is 27.6. The number of carboxylic acid groups (broad SMARTS) is 1. The minimum Gasteiger partial charge on any atom is -0.478 e. The largest absolute Gasteiger partial charge is 0.478 e. The lowest BCUT2D eigenvalue weighted by atomic mass is 10.1. The molecule has 0 atom stereocenters. The van der Waals surface area contributed by atoms with Crippen molar-refractivity contribution in [1.82, 2.24) is 14.8 Å². The zero-order valence-corrected chi connectivity index (χ0v) is 12.6. The van der Waals surface area contributed by atoms with E-state index in [1.807, 2.05) is 6.92 Å². The van der Waals surface area contributed by atoms with Crippen LogP contribution in [0.25, 0.3) is 22.2 Å². The second-order valence-corrected chi connectivity index (χ2v) is 5.16. The fourth-order valence-electron chi connectivity index (χ4n) is 2.46. The Bertz CT molecular complexity index is 930. The first-order valence-corrected chi connectivity index (χ1v) is 7.31. The molecule has 1 N–H and O–H groups in total. The summed E-state index contributed by atoms with van der Waals surface area (Å²) >= 11 is 0.